The molecule has 0 aliphatic heterocycles. The molecule has 0 saturated heterocycles. The number of hydrogen-bond donors (Lipinski definition) is 1. The molecule has 5 rings (SSSR count). The number of nitrogens with zero attached hydrogens (tertiary/aromatic N) is 1. The lowest BCUT2D eigenvalue weighted by Gasteiger charge is -2.10. The number of esters is 1. The zero-order chi connectivity index (χ0) is 25.6. The van der Waals surface area contributed by atoms with Gasteiger partial charge in [0.1, 0.15) is 30.5 Å². The summed E-state index contributed by atoms with van der Waals surface area (Å²) in [6.45, 7) is 0.694. The van der Waals surface area contributed by atoms with Crippen molar-refractivity contribution in [1.29, 1.82) is 0 Å². The van der Waals surface area contributed by atoms with Gasteiger partial charge in [0.05, 0.1) is 23.9 Å². The second kappa shape index (κ2) is 10.8. The summed E-state index contributed by atoms with van der Waals surface area (Å²) in [6, 6.07) is 32.4. The number of para-hydroxylation sites is 1. The third-order valence-corrected chi connectivity index (χ3v) is 5.90. The van der Waals surface area contributed by atoms with Crippen molar-refractivity contribution in [1.82, 2.24) is 4.98 Å². The van der Waals surface area contributed by atoms with E-state index in [1.165, 1.54) is 19.2 Å². The van der Waals surface area contributed by atoms with Gasteiger partial charge in [-0.3, -0.25) is 0 Å². The van der Waals surface area contributed by atoms with Crippen LogP contribution in [0.1, 0.15) is 21.6 Å². The van der Waals surface area contributed by atoms with Crippen LogP contribution in [0.5, 0.6) is 17.2 Å². The number of carbonyl (C=O) groups excluding carboxylic acids is 1. The molecule has 0 saturated carbocycles. The molecular weight excluding hydrogens is 466 g/mol. The lowest BCUT2D eigenvalue weighted by atomic mass is 10.0. The van der Waals surface area contributed by atoms with Crippen LogP contribution >= 0.6 is 0 Å². The van der Waals surface area contributed by atoms with Gasteiger partial charge in [-0.05, 0) is 53.1 Å². The molecule has 0 unspecified atom stereocenters. The first-order valence-corrected chi connectivity index (χ1v) is 11.8. The van der Waals surface area contributed by atoms with Gasteiger partial charge in [0.2, 0.25) is 0 Å². The molecule has 0 radical (unpaired) electrons. The molecule has 1 aromatic heterocycles. The third kappa shape index (κ3) is 5.87. The van der Waals surface area contributed by atoms with Crippen molar-refractivity contribution < 1.29 is 24.1 Å². The van der Waals surface area contributed by atoms with Crippen LogP contribution in [-0.4, -0.2) is 23.2 Å². The maximum atomic E-state index is 11.7. The number of hydrogen-bond acceptors (Lipinski definition) is 6. The Labute approximate surface area is 214 Å². The van der Waals surface area contributed by atoms with Crippen molar-refractivity contribution in [2.75, 3.05) is 7.11 Å². The summed E-state index contributed by atoms with van der Waals surface area (Å²) in [6.07, 6.45) is 0. The van der Waals surface area contributed by atoms with Crippen LogP contribution in [0, 0.1) is 0 Å². The van der Waals surface area contributed by atoms with Gasteiger partial charge in [-0.2, -0.15) is 0 Å². The summed E-state index contributed by atoms with van der Waals surface area (Å²) in [4.78, 5) is 16.4. The molecule has 5 aromatic rings. The van der Waals surface area contributed by atoms with Crippen molar-refractivity contribution >= 4 is 16.9 Å². The first-order valence-electron chi connectivity index (χ1n) is 11.8. The highest BCUT2D eigenvalue weighted by Crippen LogP contribution is 2.26. The number of phenols is 1. The van der Waals surface area contributed by atoms with Gasteiger partial charge in [-0.25, -0.2) is 9.78 Å². The van der Waals surface area contributed by atoms with Gasteiger partial charge in [0.25, 0.3) is 0 Å². The molecular formula is C31H25NO5. The predicted molar refractivity (Wildman–Crippen MR) is 142 cm³/mol. The lowest BCUT2D eigenvalue weighted by molar-refractivity contribution is 0.0599. The van der Waals surface area contributed by atoms with Crippen LogP contribution in [-0.2, 0) is 18.0 Å². The highest BCUT2D eigenvalue weighted by Gasteiger charge is 2.10. The Hall–Kier alpha value is -4.84. The van der Waals surface area contributed by atoms with Gasteiger partial charge < -0.3 is 19.3 Å². The molecule has 0 amide bonds. The largest absolute Gasteiger partial charge is 0.508 e. The summed E-state index contributed by atoms with van der Waals surface area (Å²) in [5, 5.41) is 11.0. The van der Waals surface area contributed by atoms with Crippen molar-refractivity contribution in [3.8, 4) is 28.4 Å². The highest BCUT2D eigenvalue weighted by atomic mass is 16.5. The smallest absolute Gasteiger partial charge is 0.338 e. The van der Waals surface area contributed by atoms with Crippen LogP contribution in [0.3, 0.4) is 0 Å². The van der Waals surface area contributed by atoms with Crippen LogP contribution in [0.15, 0.2) is 103 Å². The molecule has 6 nitrogen and oxygen atoms in total. The van der Waals surface area contributed by atoms with Crippen molar-refractivity contribution in [2.45, 2.75) is 13.2 Å². The zero-order valence-corrected chi connectivity index (χ0v) is 20.3. The zero-order valence-electron chi connectivity index (χ0n) is 20.3. The number of pyridine rings is 1. The van der Waals surface area contributed by atoms with Crippen molar-refractivity contribution in [2.24, 2.45) is 0 Å². The molecule has 0 spiro atoms. The van der Waals surface area contributed by atoms with E-state index < -0.39 is 5.97 Å². The minimum absolute atomic E-state index is 0.0609. The Morgan fingerprint density at radius 1 is 0.757 bits per heavy atom. The topological polar surface area (TPSA) is 77.9 Å². The van der Waals surface area contributed by atoms with E-state index in [9.17, 15) is 9.90 Å². The van der Waals surface area contributed by atoms with E-state index >= 15 is 0 Å². The Morgan fingerprint density at radius 3 is 2.22 bits per heavy atom. The number of aromatic nitrogens is 1. The first-order chi connectivity index (χ1) is 18.1. The molecule has 0 aliphatic rings. The second-order valence-electron chi connectivity index (χ2n) is 8.50. The van der Waals surface area contributed by atoms with Gasteiger partial charge in [-0.1, -0.05) is 60.7 Å². The third-order valence-electron chi connectivity index (χ3n) is 5.90. The van der Waals surface area contributed by atoms with Crippen molar-refractivity contribution in [3.63, 3.8) is 0 Å². The maximum absolute atomic E-state index is 11.7. The standard InChI is InChI=1S/C31H25NO5/c1-35-31(34)25-16-27(33)18-29(17-25)36-19-21-6-8-22(9-7-21)23-11-14-28(15-12-23)37-20-26-13-10-24-4-2-3-5-30(24)32-26/h2-18,33H,19-20H2,1H3. The maximum Gasteiger partial charge on any atom is 0.338 e. The summed E-state index contributed by atoms with van der Waals surface area (Å²) >= 11 is 0. The molecule has 0 bridgehead atoms. The van der Waals surface area contributed by atoms with Crippen LogP contribution in [0.2, 0.25) is 0 Å². The van der Waals surface area contributed by atoms with Crippen LogP contribution in [0.25, 0.3) is 22.0 Å². The fourth-order valence-corrected chi connectivity index (χ4v) is 3.95. The minimum Gasteiger partial charge on any atom is -0.508 e. The summed E-state index contributed by atoms with van der Waals surface area (Å²) in [5.41, 5.74) is 5.16. The number of fused-ring (bicyclic) bond motifs is 1. The van der Waals surface area contributed by atoms with E-state index in [4.69, 9.17) is 14.2 Å². The molecule has 1 heterocycles. The fraction of sp³-hybridized carbons (Fsp3) is 0.0968. The average molecular weight is 492 g/mol. The molecule has 0 fully saturated rings. The van der Waals surface area contributed by atoms with Gasteiger partial charge >= 0.3 is 5.97 Å². The van der Waals surface area contributed by atoms with Crippen molar-refractivity contribution in [3.05, 3.63) is 120 Å². The van der Waals surface area contributed by atoms with Gasteiger partial charge in [0, 0.05) is 11.5 Å². The van der Waals surface area contributed by atoms with E-state index in [0.29, 0.717) is 19.0 Å². The number of methoxy groups -OCH3 is 1. The fourth-order valence-electron chi connectivity index (χ4n) is 3.95. The summed E-state index contributed by atoms with van der Waals surface area (Å²) in [7, 11) is 1.29. The second-order valence-corrected chi connectivity index (χ2v) is 8.50. The van der Waals surface area contributed by atoms with E-state index in [1.807, 2.05) is 78.9 Å². The number of rotatable bonds is 8. The Morgan fingerprint density at radius 2 is 1.46 bits per heavy atom. The molecule has 184 valence electrons. The number of ether oxygens (including phenoxy) is 3. The lowest BCUT2D eigenvalue weighted by Crippen LogP contribution is -2.02. The summed E-state index contributed by atoms with van der Waals surface area (Å²) in [5.74, 6) is 0.571. The number of benzene rings is 4. The van der Waals surface area contributed by atoms with Crippen LogP contribution < -0.4 is 9.47 Å². The van der Waals surface area contributed by atoms with E-state index in [2.05, 4.69) is 11.1 Å². The van der Waals surface area contributed by atoms with E-state index in [0.717, 1.165) is 39.0 Å². The molecule has 4 aromatic carbocycles. The molecule has 0 aliphatic carbocycles. The predicted octanol–water partition coefficient (Wildman–Crippen LogP) is 6.55. The van der Waals surface area contributed by atoms with Crippen LogP contribution in [0.4, 0.5) is 0 Å². The monoisotopic (exact) mass is 491 g/mol. The highest BCUT2D eigenvalue weighted by molar-refractivity contribution is 5.90. The average Bonchev–Trinajstić information content (AvgIpc) is 2.94. The Bertz CT molecular complexity index is 1530. The molecule has 37 heavy (non-hydrogen) atoms. The van der Waals surface area contributed by atoms with E-state index in [1.54, 1.807) is 6.07 Å². The van der Waals surface area contributed by atoms with E-state index in [-0.39, 0.29) is 11.3 Å². The first kappa shape index (κ1) is 23.9. The summed E-state index contributed by atoms with van der Waals surface area (Å²) < 4.78 is 16.4. The number of aromatic hydroxyl groups is 1. The van der Waals surface area contributed by atoms with Gasteiger partial charge in [-0.15, -0.1) is 0 Å². The Kier molecular flexibility index (Phi) is 6.99. The van der Waals surface area contributed by atoms with Gasteiger partial charge in [0.15, 0.2) is 0 Å². The quantitative estimate of drug-likeness (QED) is 0.248. The minimum atomic E-state index is -0.535. The molecule has 1 N–H and O–H groups in total. The SMILES string of the molecule is COC(=O)c1cc(O)cc(OCc2ccc(-c3ccc(OCc4ccc5ccccc5n4)cc3)cc2)c1. The number of carbonyl (C=O) groups is 1. The molecule has 0 atom stereocenters. The number of phenolic OH excluding ortho intramolecular Hbond substituents is 1. The Balaban J connectivity index is 1.18. The normalized spacial score (nSPS) is 10.7. The molecule has 6 heteroatoms.